The van der Waals surface area contributed by atoms with Gasteiger partial charge in [-0.3, -0.25) is 9.69 Å². The zero-order chi connectivity index (χ0) is 11.5. The van der Waals surface area contributed by atoms with Crippen molar-refractivity contribution in [1.29, 1.82) is 0 Å². The van der Waals surface area contributed by atoms with Gasteiger partial charge in [-0.05, 0) is 26.7 Å². The van der Waals surface area contributed by atoms with Crippen molar-refractivity contribution >= 4 is 18.3 Å². The Balaban J connectivity index is 0.00000225. The lowest BCUT2D eigenvalue weighted by molar-refractivity contribution is -0.123. The zero-order valence-corrected chi connectivity index (χ0v) is 11.3. The first-order valence-corrected chi connectivity index (χ1v) is 5.72. The highest BCUT2D eigenvalue weighted by Gasteiger charge is 2.23. The van der Waals surface area contributed by atoms with Gasteiger partial charge in [0, 0.05) is 24.7 Å². The number of halogens is 1. The number of amides is 1. The second-order valence-corrected chi connectivity index (χ2v) is 5.07. The number of likely N-dealkylation sites (tertiary alicyclic amines) is 1. The largest absolute Gasteiger partial charge is 0.350 e. The average molecular weight is 250 g/mol. The molecule has 1 atom stereocenters. The van der Waals surface area contributed by atoms with Crippen LogP contribution in [0, 0.1) is 0 Å². The predicted octanol–water partition coefficient (Wildman–Crippen LogP) is 0.746. The van der Waals surface area contributed by atoms with Gasteiger partial charge in [-0.1, -0.05) is 6.92 Å². The standard InChI is InChI=1S/C11H23N3O.ClH/c1-4-11(2,3)13-10(15)8-14-6-5-9(12)7-14;/h9H,4-8,12H2,1-3H3,(H,13,15);1H/t9-;/m1./s1. The summed E-state index contributed by atoms with van der Waals surface area (Å²) < 4.78 is 0. The molecule has 96 valence electrons. The predicted molar refractivity (Wildman–Crippen MR) is 68.8 cm³/mol. The van der Waals surface area contributed by atoms with Crippen molar-refractivity contribution in [2.45, 2.75) is 45.2 Å². The van der Waals surface area contributed by atoms with E-state index < -0.39 is 0 Å². The lowest BCUT2D eigenvalue weighted by atomic mass is 10.0. The molecular formula is C11H24ClN3O. The summed E-state index contributed by atoms with van der Waals surface area (Å²) in [6.07, 6.45) is 1.95. The summed E-state index contributed by atoms with van der Waals surface area (Å²) >= 11 is 0. The van der Waals surface area contributed by atoms with Crippen LogP contribution >= 0.6 is 12.4 Å². The summed E-state index contributed by atoms with van der Waals surface area (Å²) in [4.78, 5) is 13.8. The molecule has 0 aliphatic carbocycles. The van der Waals surface area contributed by atoms with Crippen LogP contribution in [0.2, 0.25) is 0 Å². The van der Waals surface area contributed by atoms with Gasteiger partial charge in [0.2, 0.25) is 5.91 Å². The highest BCUT2D eigenvalue weighted by atomic mass is 35.5. The second kappa shape index (κ2) is 6.42. The Kier molecular flexibility index (Phi) is 6.30. The van der Waals surface area contributed by atoms with Gasteiger partial charge in [0.25, 0.3) is 0 Å². The maximum atomic E-state index is 11.7. The SMILES string of the molecule is CCC(C)(C)NC(=O)CN1CC[C@@H](N)C1.Cl. The van der Waals surface area contributed by atoms with Crippen LogP contribution < -0.4 is 11.1 Å². The Morgan fingerprint density at radius 1 is 1.56 bits per heavy atom. The van der Waals surface area contributed by atoms with Gasteiger partial charge < -0.3 is 11.1 Å². The Hall–Kier alpha value is -0.320. The van der Waals surface area contributed by atoms with E-state index in [1.807, 2.05) is 13.8 Å². The summed E-state index contributed by atoms with van der Waals surface area (Å²) in [7, 11) is 0. The molecule has 5 heteroatoms. The molecule has 0 aromatic carbocycles. The molecule has 0 aromatic heterocycles. The second-order valence-electron chi connectivity index (χ2n) is 5.07. The third-order valence-electron chi connectivity index (χ3n) is 3.04. The van der Waals surface area contributed by atoms with Crippen LogP contribution in [0.1, 0.15) is 33.6 Å². The van der Waals surface area contributed by atoms with E-state index in [1.165, 1.54) is 0 Å². The van der Waals surface area contributed by atoms with Crippen molar-refractivity contribution in [3.8, 4) is 0 Å². The summed E-state index contributed by atoms with van der Waals surface area (Å²) in [5.41, 5.74) is 5.68. The molecule has 16 heavy (non-hydrogen) atoms. The molecule has 4 nitrogen and oxygen atoms in total. The number of rotatable bonds is 4. The number of carbonyl (C=O) groups is 1. The van der Waals surface area contributed by atoms with Crippen molar-refractivity contribution in [1.82, 2.24) is 10.2 Å². The molecule has 1 heterocycles. The molecule has 3 N–H and O–H groups in total. The van der Waals surface area contributed by atoms with Crippen molar-refractivity contribution < 1.29 is 4.79 Å². The number of nitrogens with one attached hydrogen (secondary N) is 1. The first-order valence-electron chi connectivity index (χ1n) is 5.72. The van der Waals surface area contributed by atoms with Crippen LogP contribution in [0.3, 0.4) is 0 Å². The van der Waals surface area contributed by atoms with Gasteiger partial charge in [0.15, 0.2) is 0 Å². The minimum atomic E-state index is -0.0983. The van der Waals surface area contributed by atoms with Gasteiger partial charge in [-0.2, -0.15) is 0 Å². The highest BCUT2D eigenvalue weighted by molar-refractivity contribution is 5.85. The van der Waals surface area contributed by atoms with Gasteiger partial charge in [0.1, 0.15) is 0 Å². The minimum Gasteiger partial charge on any atom is -0.350 e. The normalized spacial score (nSPS) is 21.6. The molecule has 0 bridgehead atoms. The van der Waals surface area contributed by atoms with Crippen LogP contribution in [0.15, 0.2) is 0 Å². The average Bonchev–Trinajstić information content (AvgIpc) is 2.50. The molecule has 0 spiro atoms. The lowest BCUT2D eigenvalue weighted by Crippen LogP contribution is -2.47. The molecule has 1 aliphatic heterocycles. The number of hydrogen-bond acceptors (Lipinski definition) is 3. The van der Waals surface area contributed by atoms with Crippen LogP contribution in [-0.4, -0.2) is 42.0 Å². The minimum absolute atomic E-state index is 0. The fourth-order valence-electron chi connectivity index (χ4n) is 1.71. The molecule has 1 fully saturated rings. The Morgan fingerprint density at radius 3 is 2.62 bits per heavy atom. The fourth-order valence-corrected chi connectivity index (χ4v) is 1.71. The number of carbonyl (C=O) groups excluding carboxylic acids is 1. The summed E-state index contributed by atoms with van der Waals surface area (Å²) in [5.74, 6) is 0.107. The van der Waals surface area contributed by atoms with Gasteiger partial charge in [0.05, 0.1) is 6.54 Å². The molecule has 1 saturated heterocycles. The molecule has 0 aromatic rings. The first kappa shape index (κ1) is 15.7. The smallest absolute Gasteiger partial charge is 0.234 e. The van der Waals surface area contributed by atoms with E-state index in [9.17, 15) is 4.79 Å². The lowest BCUT2D eigenvalue weighted by Gasteiger charge is -2.26. The van der Waals surface area contributed by atoms with Crippen molar-refractivity contribution in [3.63, 3.8) is 0 Å². The summed E-state index contributed by atoms with van der Waals surface area (Å²) in [5, 5.41) is 3.03. The Bertz CT molecular complexity index is 233. The van der Waals surface area contributed by atoms with Crippen LogP contribution in [-0.2, 0) is 4.79 Å². The molecule has 0 radical (unpaired) electrons. The van der Waals surface area contributed by atoms with Gasteiger partial charge in [-0.25, -0.2) is 0 Å². The number of nitrogens with two attached hydrogens (primary N) is 1. The van der Waals surface area contributed by atoms with Crippen molar-refractivity contribution in [2.24, 2.45) is 5.73 Å². The Morgan fingerprint density at radius 2 is 2.19 bits per heavy atom. The molecule has 1 rings (SSSR count). The summed E-state index contributed by atoms with van der Waals surface area (Å²) in [6.45, 7) is 8.44. The summed E-state index contributed by atoms with van der Waals surface area (Å²) in [6, 6.07) is 0.247. The van der Waals surface area contributed by atoms with E-state index in [0.717, 1.165) is 25.9 Å². The molecule has 0 saturated carbocycles. The third-order valence-corrected chi connectivity index (χ3v) is 3.04. The van der Waals surface area contributed by atoms with Gasteiger partial charge in [-0.15, -0.1) is 12.4 Å². The van der Waals surface area contributed by atoms with Crippen LogP contribution in [0.5, 0.6) is 0 Å². The maximum absolute atomic E-state index is 11.7. The molecule has 0 unspecified atom stereocenters. The topological polar surface area (TPSA) is 58.4 Å². The molecular weight excluding hydrogens is 226 g/mol. The fraction of sp³-hybridized carbons (Fsp3) is 0.909. The van der Waals surface area contributed by atoms with Crippen molar-refractivity contribution in [2.75, 3.05) is 19.6 Å². The van der Waals surface area contributed by atoms with E-state index in [1.54, 1.807) is 0 Å². The monoisotopic (exact) mass is 249 g/mol. The number of hydrogen-bond donors (Lipinski definition) is 2. The van der Waals surface area contributed by atoms with Gasteiger partial charge >= 0.3 is 0 Å². The zero-order valence-electron chi connectivity index (χ0n) is 10.5. The quantitative estimate of drug-likeness (QED) is 0.773. The first-order chi connectivity index (χ1) is 6.93. The van der Waals surface area contributed by atoms with Crippen molar-refractivity contribution in [3.05, 3.63) is 0 Å². The third kappa shape index (κ3) is 5.14. The van der Waals surface area contributed by atoms with E-state index in [0.29, 0.717) is 6.54 Å². The Labute approximate surface area is 104 Å². The molecule has 1 aliphatic rings. The maximum Gasteiger partial charge on any atom is 0.234 e. The number of nitrogens with zero attached hydrogens (tertiary/aromatic N) is 1. The van der Waals surface area contributed by atoms with Crippen LogP contribution in [0.4, 0.5) is 0 Å². The van der Waals surface area contributed by atoms with E-state index in [4.69, 9.17) is 5.73 Å². The van der Waals surface area contributed by atoms with Crippen LogP contribution in [0.25, 0.3) is 0 Å². The highest BCUT2D eigenvalue weighted by Crippen LogP contribution is 2.09. The van der Waals surface area contributed by atoms with E-state index in [2.05, 4.69) is 17.1 Å². The van der Waals surface area contributed by atoms with E-state index >= 15 is 0 Å². The van der Waals surface area contributed by atoms with E-state index in [-0.39, 0.29) is 29.9 Å². The molecule has 1 amide bonds.